The van der Waals surface area contributed by atoms with E-state index in [0.29, 0.717) is 17.9 Å². The summed E-state index contributed by atoms with van der Waals surface area (Å²) >= 11 is 0. The summed E-state index contributed by atoms with van der Waals surface area (Å²) in [6.45, 7) is 0.604. The van der Waals surface area contributed by atoms with Gasteiger partial charge in [0.1, 0.15) is 5.82 Å². The first-order valence-electron chi connectivity index (χ1n) is 6.43. The molecular weight excluding hydrogens is 231 g/mol. The first kappa shape index (κ1) is 11.5. The second-order valence-corrected chi connectivity index (χ2v) is 5.43. The fourth-order valence-corrected chi connectivity index (χ4v) is 3.30. The lowest BCUT2D eigenvalue weighted by Gasteiger charge is -2.29. The summed E-state index contributed by atoms with van der Waals surface area (Å²) in [6, 6.07) is 4.84. The number of para-hydroxylation sites is 1. The number of halogens is 1. The van der Waals surface area contributed by atoms with Crippen molar-refractivity contribution in [2.45, 2.75) is 25.7 Å². The Morgan fingerprint density at radius 1 is 1.33 bits per heavy atom. The quantitative estimate of drug-likeness (QED) is 0.765. The van der Waals surface area contributed by atoms with Gasteiger partial charge in [-0.05, 0) is 25.0 Å². The van der Waals surface area contributed by atoms with Gasteiger partial charge in [-0.15, -0.1) is 0 Å². The molecular formula is C14H17FN2O. The van der Waals surface area contributed by atoms with Gasteiger partial charge in [0.25, 0.3) is 0 Å². The molecule has 3 nitrogen and oxygen atoms in total. The smallest absolute Gasteiger partial charge is 0.232 e. The second-order valence-electron chi connectivity index (χ2n) is 5.43. The average Bonchev–Trinajstić information content (AvgIpc) is 2.74. The van der Waals surface area contributed by atoms with Crippen LogP contribution in [0.5, 0.6) is 0 Å². The number of hydrogen-bond donors (Lipinski definition) is 1. The molecule has 1 heterocycles. The van der Waals surface area contributed by atoms with Gasteiger partial charge in [0, 0.05) is 13.6 Å². The van der Waals surface area contributed by atoms with Crippen LogP contribution in [0.3, 0.4) is 0 Å². The van der Waals surface area contributed by atoms with E-state index in [4.69, 9.17) is 0 Å². The molecule has 1 aliphatic heterocycles. The van der Waals surface area contributed by atoms with Crippen LogP contribution < -0.4 is 10.2 Å². The fraction of sp³-hybridized carbons (Fsp3) is 0.500. The van der Waals surface area contributed by atoms with Gasteiger partial charge in [-0.3, -0.25) is 4.79 Å². The van der Waals surface area contributed by atoms with Gasteiger partial charge in [0.05, 0.1) is 16.8 Å². The van der Waals surface area contributed by atoms with E-state index < -0.39 is 0 Å². The monoisotopic (exact) mass is 248 g/mol. The van der Waals surface area contributed by atoms with Crippen LogP contribution in [-0.4, -0.2) is 19.5 Å². The van der Waals surface area contributed by atoms with Crippen molar-refractivity contribution in [2.75, 3.05) is 23.8 Å². The summed E-state index contributed by atoms with van der Waals surface area (Å²) in [5.74, 6) is -0.221. The number of carbonyl (C=O) groups excluding carboxylic acids is 1. The maximum atomic E-state index is 13.9. The van der Waals surface area contributed by atoms with Crippen LogP contribution in [0, 0.1) is 11.2 Å². The molecule has 96 valence electrons. The Bertz CT molecular complexity index is 495. The van der Waals surface area contributed by atoms with E-state index >= 15 is 0 Å². The van der Waals surface area contributed by atoms with Gasteiger partial charge in [-0.25, -0.2) is 4.39 Å². The van der Waals surface area contributed by atoms with E-state index in [1.807, 2.05) is 11.9 Å². The molecule has 3 rings (SSSR count). The van der Waals surface area contributed by atoms with Crippen LogP contribution in [0.1, 0.15) is 25.7 Å². The number of rotatable bonds is 0. The van der Waals surface area contributed by atoms with Crippen molar-refractivity contribution in [1.29, 1.82) is 0 Å². The number of nitrogens with zero attached hydrogens (tertiary/aromatic N) is 1. The van der Waals surface area contributed by atoms with E-state index in [9.17, 15) is 9.18 Å². The van der Waals surface area contributed by atoms with E-state index in [2.05, 4.69) is 5.32 Å². The van der Waals surface area contributed by atoms with E-state index in [-0.39, 0.29) is 17.1 Å². The van der Waals surface area contributed by atoms with Crippen molar-refractivity contribution in [3.05, 3.63) is 24.0 Å². The first-order chi connectivity index (χ1) is 8.62. The summed E-state index contributed by atoms with van der Waals surface area (Å²) < 4.78 is 13.9. The van der Waals surface area contributed by atoms with Gasteiger partial charge in [-0.2, -0.15) is 0 Å². The molecule has 0 aromatic heterocycles. The Kier molecular flexibility index (Phi) is 2.54. The lowest BCUT2D eigenvalue weighted by molar-refractivity contribution is -0.124. The molecule has 1 fully saturated rings. The summed E-state index contributed by atoms with van der Waals surface area (Å²) in [5, 5.41) is 2.91. The predicted molar refractivity (Wildman–Crippen MR) is 69.2 cm³/mol. The van der Waals surface area contributed by atoms with Crippen molar-refractivity contribution in [1.82, 2.24) is 0 Å². The Balaban J connectivity index is 2.06. The molecule has 1 spiro atoms. The highest BCUT2D eigenvalue weighted by atomic mass is 19.1. The molecule has 1 saturated carbocycles. The maximum Gasteiger partial charge on any atom is 0.232 e. The van der Waals surface area contributed by atoms with Crippen LogP contribution in [0.4, 0.5) is 15.8 Å². The molecule has 4 heteroatoms. The number of amides is 1. The zero-order chi connectivity index (χ0) is 12.8. The van der Waals surface area contributed by atoms with Crippen LogP contribution in [0.15, 0.2) is 18.2 Å². The highest BCUT2D eigenvalue weighted by Crippen LogP contribution is 2.44. The molecule has 0 saturated heterocycles. The largest absolute Gasteiger partial charge is 0.369 e. The molecule has 1 aromatic carbocycles. The first-order valence-corrected chi connectivity index (χ1v) is 6.43. The van der Waals surface area contributed by atoms with Crippen molar-refractivity contribution in [3.63, 3.8) is 0 Å². The molecule has 1 amide bonds. The van der Waals surface area contributed by atoms with Crippen molar-refractivity contribution in [2.24, 2.45) is 5.41 Å². The standard InChI is InChI=1S/C14H17FN2O/c1-17-9-14(7-2-3-8-14)13(18)16-11-6-4-5-10(15)12(11)17/h4-6H,2-3,7-9H2,1H3,(H,16,18). The molecule has 0 unspecified atom stereocenters. The summed E-state index contributed by atoms with van der Waals surface area (Å²) in [5.41, 5.74) is 0.765. The molecule has 2 aliphatic rings. The summed E-state index contributed by atoms with van der Waals surface area (Å²) in [4.78, 5) is 14.3. The number of nitrogens with one attached hydrogen (secondary N) is 1. The predicted octanol–water partition coefficient (Wildman–Crippen LogP) is 2.77. The Hall–Kier alpha value is -1.58. The Morgan fingerprint density at radius 2 is 2.06 bits per heavy atom. The minimum absolute atomic E-state index is 0.0520. The number of anilines is 2. The lowest BCUT2D eigenvalue weighted by Crippen LogP contribution is -2.40. The Labute approximate surface area is 106 Å². The normalized spacial score (nSPS) is 21.7. The minimum Gasteiger partial charge on any atom is -0.369 e. The van der Waals surface area contributed by atoms with Gasteiger partial charge in [0.2, 0.25) is 5.91 Å². The second kappa shape index (κ2) is 3.97. The molecule has 1 aliphatic carbocycles. The van der Waals surface area contributed by atoms with Crippen LogP contribution in [0.2, 0.25) is 0 Å². The third-order valence-electron chi connectivity index (χ3n) is 4.20. The lowest BCUT2D eigenvalue weighted by atomic mass is 9.85. The Morgan fingerprint density at radius 3 is 2.78 bits per heavy atom. The van der Waals surface area contributed by atoms with Crippen molar-refractivity contribution >= 4 is 17.3 Å². The summed E-state index contributed by atoms with van der Waals surface area (Å²) in [7, 11) is 1.86. The number of benzene rings is 1. The number of fused-ring (bicyclic) bond motifs is 1. The molecule has 0 radical (unpaired) electrons. The highest BCUT2D eigenvalue weighted by molar-refractivity contribution is 6.00. The van der Waals surface area contributed by atoms with Crippen molar-refractivity contribution in [3.8, 4) is 0 Å². The molecule has 0 atom stereocenters. The summed E-state index contributed by atoms with van der Waals surface area (Å²) in [6.07, 6.45) is 3.97. The van der Waals surface area contributed by atoms with Crippen LogP contribution in [0.25, 0.3) is 0 Å². The minimum atomic E-state index is -0.333. The SMILES string of the molecule is CN1CC2(CCCC2)C(=O)Nc2cccc(F)c21. The molecule has 0 bridgehead atoms. The van der Waals surface area contributed by atoms with Crippen LogP contribution >= 0.6 is 0 Å². The number of carbonyl (C=O) groups is 1. The number of hydrogen-bond acceptors (Lipinski definition) is 2. The zero-order valence-electron chi connectivity index (χ0n) is 10.5. The molecule has 18 heavy (non-hydrogen) atoms. The third kappa shape index (κ3) is 1.59. The average molecular weight is 248 g/mol. The highest BCUT2D eigenvalue weighted by Gasteiger charge is 2.44. The van der Waals surface area contributed by atoms with E-state index in [0.717, 1.165) is 25.7 Å². The van der Waals surface area contributed by atoms with Gasteiger partial charge < -0.3 is 10.2 Å². The maximum absolute atomic E-state index is 13.9. The molecule has 1 N–H and O–H groups in total. The van der Waals surface area contributed by atoms with Gasteiger partial charge >= 0.3 is 0 Å². The topological polar surface area (TPSA) is 32.3 Å². The van der Waals surface area contributed by atoms with E-state index in [1.165, 1.54) is 6.07 Å². The van der Waals surface area contributed by atoms with Gasteiger partial charge in [-0.1, -0.05) is 18.9 Å². The zero-order valence-corrected chi connectivity index (χ0v) is 10.5. The van der Waals surface area contributed by atoms with E-state index in [1.54, 1.807) is 12.1 Å². The van der Waals surface area contributed by atoms with Crippen molar-refractivity contribution < 1.29 is 9.18 Å². The molecule has 1 aromatic rings. The van der Waals surface area contributed by atoms with Crippen LogP contribution in [-0.2, 0) is 4.79 Å². The third-order valence-corrected chi connectivity index (χ3v) is 4.20. The van der Waals surface area contributed by atoms with Gasteiger partial charge in [0.15, 0.2) is 0 Å². The fourth-order valence-electron chi connectivity index (χ4n) is 3.30.